The molecule has 0 amide bonds. The monoisotopic (exact) mass is 435 g/mol. The molecule has 0 aliphatic rings. The Balaban J connectivity index is 1.42. The van der Waals surface area contributed by atoms with Crippen molar-refractivity contribution in [3.8, 4) is 12.1 Å². The summed E-state index contributed by atoms with van der Waals surface area (Å²) in [6.07, 6.45) is 3.55. The van der Waals surface area contributed by atoms with Crippen molar-refractivity contribution in [2.75, 3.05) is 0 Å². The standard InChI is InChI=1S/C29H17N5/c30-16-20-1-5-22(6-2-20)18-32-26-11-9-24-13-25-10-12-27(15-29(25)34-28(24)14-26)33-19-23-7-3-21(17-31)4-8-23/h1-15,18-19H. The van der Waals surface area contributed by atoms with Crippen LogP contribution in [0, 0.1) is 22.7 Å². The van der Waals surface area contributed by atoms with Gasteiger partial charge >= 0.3 is 0 Å². The van der Waals surface area contributed by atoms with Crippen molar-refractivity contribution in [1.82, 2.24) is 4.98 Å². The molecule has 5 heteroatoms. The molecule has 0 aliphatic heterocycles. The van der Waals surface area contributed by atoms with E-state index in [0.717, 1.165) is 44.3 Å². The van der Waals surface area contributed by atoms with Gasteiger partial charge in [-0.3, -0.25) is 9.98 Å². The molecule has 158 valence electrons. The molecule has 0 spiro atoms. The Morgan fingerprint density at radius 2 is 1.00 bits per heavy atom. The first-order valence-corrected chi connectivity index (χ1v) is 10.6. The first-order valence-electron chi connectivity index (χ1n) is 10.6. The van der Waals surface area contributed by atoms with Crippen molar-refractivity contribution in [3.63, 3.8) is 0 Å². The third-order valence-electron chi connectivity index (χ3n) is 5.38. The summed E-state index contributed by atoms with van der Waals surface area (Å²) in [5.74, 6) is 0. The summed E-state index contributed by atoms with van der Waals surface area (Å²) in [6.45, 7) is 0. The molecule has 1 aromatic heterocycles. The number of nitrogens with zero attached hydrogens (tertiary/aromatic N) is 5. The third kappa shape index (κ3) is 4.55. The Labute approximate surface area is 196 Å². The summed E-state index contributed by atoms with van der Waals surface area (Å²) in [6, 6.07) is 32.8. The molecule has 0 aliphatic carbocycles. The zero-order chi connectivity index (χ0) is 23.3. The lowest BCUT2D eigenvalue weighted by Crippen LogP contribution is -1.84. The van der Waals surface area contributed by atoms with Crippen molar-refractivity contribution >= 4 is 45.6 Å². The molecule has 34 heavy (non-hydrogen) atoms. The molecular formula is C29H17N5. The molecule has 0 bridgehead atoms. The van der Waals surface area contributed by atoms with Gasteiger partial charge in [-0.2, -0.15) is 10.5 Å². The summed E-state index contributed by atoms with van der Waals surface area (Å²) in [4.78, 5) is 14.0. The van der Waals surface area contributed by atoms with E-state index in [0.29, 0.717) is 11.1 Å². The van der Waals surface area contributed by atoms with Crippen LogP contribution in [0.25, 0.3) is 21.8 Å². The number of fused-ring (bicyclic) bond motifs is 2. The molecule has 5 nitrogen and oxygen atoms in total. The van der Waals surface area contributed by atoms with Crippen LogP contribution in [0.5, 0.6) is 0 Å². The highest BCUT2D eigenvalue weighted by molar-refractivity contribution is 5.95. The van der Waals surface area contributed by atoms with E-state index in [1.165, 1.54) is 0 Å². The lowest BCUT2D eigenvalue weighted by atomic mass is 10.1. The molecule has 0 atom stereocenters. The first kappa shape index (κ1) is 20.8. The van der Waals surface area contributed by atoms with E-state index in [1.54, 1.807) is 36.7 Å². The van der Waals surface area contributed by atoms with Gasteiger partial charge in [0.2, 0.25) is 0 Å². The summed E-state index contributed by atoms with van der Waals surface area (Å²) >= 11 is 0. The third-order valence-corrected chi connectivity index (χ3v) is 5.38. The van der Waals surface area contributed by atoms with Gasteiger partial charge in [-0.05, 0) is 65.7 Å². The van der Waals surface area contributed by atoms with Crippen LogP contribution in [0.2, 0.25) is 0 Å². The van der Waals surface area contributed by atoms with Crippen molar-refractivity contribution in [2.45, 2.75) is 0 Å². The summed E-state index contributed by atoms with van der Waals surface area (Å²) in [7, 11) is 0. The number of hydrogen-bond donors (Lipinski definition) is 0. The minimum Gasteiger partial charge on any atom is -0.256 e. The largest absolute Gasteiger partial charge is 0.256 e. The van der Waals surface area contributed by atoms with Crippen LogP contribution in [-0.4, -0.2) is 17.4 Å². The number of rotatable bonds is 4. The van der Waals surface area contributed by atoms with E-state index in [4.69, 9.17) is 15.5 Å². The molecule has 5 aromatic rings. The number of nitriles is 2. The van der Waals surface area contributed by atoms with E-state index in [9.17, 15) is 0 Å². The van der Waals surface area contributed by atoms with Crippen LogP contribution in [0.1, 0.15) is 22.3 Å². The molecule has 0 unspecified atom stereocenters. The molecule has 0 saturated heterocycles. The van der Waals surface area contributed by atoms with E-state index in [-0.39, 0.29) is 0 Å². The normalized spacial score (nSPS) is 11.2. The molecule has 0 saturated carbocycles. The molecule has 5 rings (SSSR count). The Kier molecular flexibility index (Phi) is 5.59. The summed E-state index contributed by atoms with van der Waals surface area (Å²) < 4.78 is 0. The minimum atomic E-state index is 0.625. The van der Waals surface area contributed by atoms with Gasteiger partial charge in [-0.1, -0.05) is 36.4 Å². The van der Waals surface area contributed by atoms with Crippen molar-refractivity contribution in [3.05, 3.63) is 113 Å². The van der Waals surface area contributed by atoms with Gasteiger partial charge < -0.3 is 0 Å². The quantitative estimate of drug-likeness (QED) is 0.234. The number of aromatic nitrogens is 1. The maximum atomic E-state index is 8.92. The van der Waals surface area contributed by atoms with Crippen molar-refractivity contribution in [1.29, 1.82) is 10.5 Å². The fraction of sp³-hybridized carbons (Fsp3) is 0. The number of benzene rings is 4. The van der Waals surface area contributed by atoms with Crippen LogP contribution in [-0.2, 0) is 0 Å². The predicted octanol–water partition coefficient (Wildman–Crippen LogP) is 6.63. The molecular weight excluding hydrogens is 418 g/mol. The molecule has 0 N–H and O–H groups in total. The summed E-state index contributed by atoms with van der Waals surface area (Å²) in [5, 5.41) is 19.9. The smallest absolute Gasteiger partial charge is 0.0991 e. The second kappa shape index (κ2) is 9.16. The van der Waals surface area contributed by atoms with Gasteiger partial charge in [0.1, 0.15) is 0 Å². The van der Waals surface area contributed by atoms with Crippen LogP contribution in [0.3, 0.4) is 0 Å². The number of pyridine rings is 1. The zero-order valence-corrected chi connectivity index (χ0v) is 18.1. The highest BCUT2D eigenvalue weighted by atomic mass is 14.7. The van der Waals surface area contributed by atoms with Crippen LogP contribution >= 0.6 is 0 Å². The molecule has 0 radical (unpaired) electrons. The van der Waals surface area contributed by atoms with Crippen LogP contribution < -0.4 is 0 Å². The summed E-state index contributed by atoms with van der Waals surface area (Å²) in [5.41, 5.74) is 6.42. The molecule has 4 aromatic carbocycles. The fourth-order valence-corrected chi connectivity index (χ4v) is 3.55. The first-order chi connectivity index (χ1) is 16.7. The SMILES string of the molecule is N#Cc1ccc(C=Nc2ccc3cc4ccc(N=Cc5ccc(C#N)cc5)cc4nc3c2)cc1. The topological polar surface area (TPSA) is 85.2 Å². The van der Waals surface area contributed by atoms with Gasteiger partial charge in [0.05, 0.1) is 45.7 Å². The second-order valence-electron chi connectivity index (χ2n) is 7.73. The number of aliphatic imine (C=N–C) groups is 2. The average Bonchev–Trinajstić information content (AvgIpc) is 2.90. The van der Waals surface area contributed by atoms with E-state index >= 15 is 0 Å². The van der Waals surface area contributed by atoms with Gasteiger partial charge in [-0.15, -0.1) is 0 Å². The molecule has 1 heterocycles. The minimum absolute atomic E-state index is 0.625. The Morgan fingerprint density at radius 1 is 0.559 bits per heavy atom. The van der Waals surface area contributed by atoms with Crippen molar-refractivity contribution < 1.29 is 0 Å². The lowest BCUT2D eigenvalue weighted by Gasteiger charge is -2.04. The van der Waals surface area contributed by atoms with E-state index in [1.807, 2.05) is 60.7 Å². The Morgan fingerprint density at radius 3 is 1.41 bits per heavy atom. The number of hydrogen-bond acceptors (Lipinski definition) is 5. The lowest BCUT2D eigenvalue weighted by molar-refractivity contribution is 1.45. The maximum Gasteiger partial charge on any atom is 0.0991 e. The highest BCUT2D eigenvalue weighted by Gasteiger charge is 2.03. The predicted molar refractivity (Wildman–Crippen MR) is 136 cm³/mol. The van der Waals surface area contributed by atoms with Gasteiger partial charge in [0.25, 0.3) is 0 Å². The Bertz CT molecular complexity index is 1530. The van der Waals surface area contributed by atoms with Gasteiger partial charge in [0.15, 0.2) is 0 Å². The van der Waals surface area contributed by atoms with E-state index < -0.39 is 0 Å². The van der Waals surface area contributed by atoms with Gasteiger partial charge in [-0.25, -0.2) is 4.98 Å². The van der Waals surface area contributed by atoms with Crippen LogP contribution in [0.15, 0.2) is 101 Å². The van der Waals surface area contributed by atoms with E-state index in [2.05, 4.69) is 28.2 Å². The maximum absolute atomic E-state index is 8.92. The molecule has 0 fully saturated rings. The second-order valence-corrected chi connectivity index (χ2v) is 7.73. The highest BCUT2D eigenvalue weighted by Crippen LogP contribution is 2.26. The van der Waals surface area contributed by atoms with Gasteiger partial charge in [0, 0.05) is 23.2 Å². The Hall–Kier alpha value is -5.13. The fourth-order valence-electron chi connectivity index (χ4n) is 3.55. The zero-order valence-electron chi connectivity index (χ0n) is 18.1. The van der Waals surface area contributed by atoms with Crippen molar-refractivity contribution in [2.24, 2.45) is 9.98 Å². The van der Waals surface area contributed by atoms with Crippen LogP contribution in [0.4, 0.5) is 11.4 Å². The average molecular weight is 435 g/mol.